The molecule has 32 heavy (non-hydrogen) atoms. The molecule has 8 nitrogen and oxygen atoms in total. The largest absolute Gasteiger partial charge is 0.368 e. The van der Waals surface area contributed by atoms with Crippen LogP contribution in [0.4, 0.5) is 22.0 Å². The summed E-state index contributed by atoms with van der Waals surface area (Å²) in [6.45, 7) is 4.83. The average Bonchev–Trinajstić information content (AvgIpc) is 3.14. The van der Waals surface area contributed by atoms with Crippen molar-refractivity contribution in [2.75, 3.05) is 11.1 Å². The summed E-state index contributed by atoms with van der Waals surface area (Å²) in [4.78, 5) is 12.9. The van der Waals surface area contributed by atoms with Gasteiger partial charge >= 0.3 is 0 Å². The number of halogens is 1. The van der Waals surface area contributed by atoms with Crippen molar-refractivity contribution in [1.29, 1.82) is 0 Å². The van der Waals surface area contributed by atoms with Gasteiger partial charge in [-0.2, -0.15) is 15.0 Å². The topological polar surface area (TPSA) is 107 Å². The van der Waals surface area contributed by atoms with E-state index in [4.69, 9.17) is 5.73 Å². The minimum absolute atomic E-state index is 0.129. The molecule has 4 aromatic rings. The molecule has 2 heterocycles. The van der Waals surface area contributed by atoms with Gasteiger partial charge in [0, 0.05) is 12.2 Å². The zero-order valence-electron chi connectivity index (χ0n) is 17.7. The van der Waals surface area contributed by atoms with E-state index in [0.717, 1.165) is 5.69 Å². The molecular weight excluding hydrogens is 427 g/mol. The number of rotatable bonds is 8. The second-order valence-corrected chi connectivity index (χ2v) is 8.45. The van der Waals surface area contributed by atoms with Gasteiger partial charge in [-0.1, -0.05) is 55.9 Å². The van der Waals surface area contributed by atoms with Crippen LogP contribution in [-0.2, 0) is 12.3 Å². The summed E-state index contributed by atoms with van der Waals surface area (Å²) in [5.41, 5.74) is 7.16. The van der Waals surface area contributed by atoms with Crippen LogP contribution in [0.3, 0.4) is 0 Å². The van der Waals surface area contributed by atoms with Gasteiger partial charge in [-0.3, -0.25) is 0 Å². The van der Waals surface area contributed by atoms with Gasteiger partial charge in [0.05, 0.1) is 11.3 Å². The minimum atomic E-state index is -0.330. The van der Waals surface area contributed by atoms with E-state index in [1.807, 2.05) is 34.9 Å². The number of thioether (sulfide) groups is 1. The maximum absolute atomic E-state index is 14.4. The van der Waals surface area contributed by atoms with Crippen LogP contribution >= 0.6 is 11.8 Å². The van der Waals surface area contributed by atoms with Crippen LogP contribution in [0.1, 0.15) is 19.7 Å². The standard InChI is InChI=1S/C22H23FN8S/c1-14(2)12-31-19(16-10-6-7-11-17(16)23)29-30-22(31)32-13-18-26-20(24)28-21(27-18)25-15-8-4-3-5-9-15/h3-11,14H,12-13H2,1-2H3,(H3,24,25,26,27,28). The van der Waals surface area contributed by atoms with E-state index in [0.29, 0.717) is 46.5 Å². The van der Waals surface area contributed by atoms with Crippen LogP contribution in [0, 0.1) is 11.7 Å². The molecular formula is C22H23FN8S. The van der Waals surface area contributed by atoms with E-state index in [-0.39, 0.29) is 11.8 Å². The number of nitrogen functional groups attached to an aromatic ring is 1. The van der Waals surface area contributed by atoms with Crippen LogP contribution in [0.2, 0.25) is 0 Å². The van der Waals surface area contributed by atoms with Crippen molar-refractivity contribution in [1.82, 2.24) is 29.7 Å². The fourth-order valence-corrected chi connectivity index (χ4v) is 3.91. The highest BCUT2D eigenvalue weighted by Crippen LogP contribution is 2.28. The van der Waals surface area contributed by atoms with Gasteiger partial charge in [-0.15, -0.1) is 10.2 Å². The van der Waals surface area contributed by atoms with Crippen molar-refractivity contribution >= 4 is 29.3 Å². The lowest BCUT2D eigenvalue weighted by Gasteiger charge is -2.13. The number of aromatic nitrogens is 6. The summed E-state index contributed by atoms with van der Waals surface area (Å²) in [6, 6.07) is 16.2. The normalized spacial score (nSPS) is 11.1. The molecule has 4 rings (SSSR count). The summed E-state index contributed by atoms with van der Waals surface area (Å²) in [7, 11) is 0. The molecule has 0 atom stereocenters. The summed E-state index contributed by atoms with van der Waals surface area (Å²) in [5.74, 6) is 1.91. The smallest absolute Gasteiger partial charge is 0.232 e. The second kappa shape index (κ2) is 9.73. The summed E-state index contributed by atoms with van der Waals surface area (Å²) < 4.78 is 16.3. The highest BCUT2D eigenvalue weighted by atomic mass is 32.2. The molecule has 0 amide bonds. The number of nitrogens with zero attached hydrogens (tertiary/aromatic N) is 6. The Balaban J connectivity index is 1.57. The fourth-order valence-electron chi connectivity index (χ4n) is 3.11. The Labute approximate surface area is 189 Å². The first-order chi connectivity index (χ1) is 15.5. The van der Waals surface area contributed by atoms with Crippen molar-refractivity contribution in [2.45, 2.75) is 31.3 Å². The molecule has 164 valence electrons. The number of benzene rings is 2. The Bertz CT molecular complexity index is 1200. The summed E-state index contributed by atoms with van der Waals surface area (Å²) in [5, 5.41) is 12.4. The molecule has 0 aliphatic rings. The number of hydrogen-bond acceptors (Lipinski definition) is 8. The third-order valence-corrected chi connectivity index (χ3v) is 5.40. The van der Waals surface area contributed by atoms with Crippen molar-refractivity contribution in [3.8, 4) is 11.4 Å². The Kier molecular flexibility index (Phi) is 6.60. The predicted molar refractivity (Wildman–Crippen MR) is 124 cm³/mol. The van der Waals surface area contributed by atoms with Crippen LogP contribution in [-0.4, -0.2) is 29.7 Å². The number of para-hydroxylation sites is 1. The first kappa shape index (κ1) is 21.7. The minimum Gasteiger partial charge on any atom is -0.368 e. The highest BCUT2D eigenvalue weighted by Gasteiger charge is 2.18. The molecule has 0 saturated heterocycles. The summed E-state index contributed by atoms with van der Waals surface area (Å²) in [6.07, 6.45) is 0. The molecule has 10 heteroatoms. The van der Waals surface area contributed by atoms with Gasteiger partial charge in [0.15, 0.2) is 11.0 Å². The Morgan fingerprint density at radius 3 is 2.50 bits per heavy atom. The molecule has 0 fully saturated rings. The first-order valence-electron chi connectivity index (χ1n) is 10.1. The SMILES string of the molecule is CC(C)Cn1c(SCc2nc(N)nc(Nc3ccccc3)n2)nnc1-c1ccccc1F. The zero-order chi connectivity index (χ0) is 22.5. The number of nitrogens with two attached hydrogens (primary N) is 1. The van der Waals surface area contributed by atoms with E-state index in [1.54, 1.807) is 18.2 Å². The fraction of sp³-hybridized carbons (Fsp3) is 0.227. The first-order valence-corrected chi connectivity index (χ1v) is 11.1. The molecule has 0 aliphatic heterocycles. The zero-order valence-corrected chi connectivity index (χ0v) is 18.6. The molecule has 0 aliphatic carbocycles. The van der Waals surface area contributed by atoms with Gasteiger partial charge in [0.2, 0.25) is 11.9 Å². The molecule has 3 N–H and O–H groups in total. The Morgan fingerprint density at radius 1 is 1.00 bits per heavy atom. The molecule has 0 radical (unpaired) electrons. The van der Waals surface area contributed by atoms with E-state index < -0.39 is 0 Å². The third kappa shape index (κ3) is 5.20. The summed E-state index contributed by atoms with van der Waals surface area (Å²) >= 11 is 1.42. The van der Waals surface area contributed by atoms with Crippen LogP contribution in [0.15, 0.2) is 59.8 Å². The van der Waals surface area contributed by atoms with Gasteiger partial charge in [0.25, 0.3) is 0 Å². The van der Waals surface area contributed by atoms with Gasteiger partial charge in [0.1, 0.15) is 11.6 Å². The Morgan fingerprint density at radius 2 is 1.75 bits per heavy atom. The van der Waals surface area contributed by atoms with Crippen LogP contribution in [0.25, 0.3) is 11.4 Å². The number of nitrogens with one attached hydrogen (secondary N) is 1. The van der Waals surface area contributed by atoms with Gasteiger partial charge in [-0.05, 0) is 30.2 Å². The monoisotopic (exact) mass is 450 g/mol. The van der Waals surface area contributed by atoms with E-state index >= 15 is 0 Å². The van der Waals surface area contributed by atoms with Crippen molar-refractivity contribution < 1.29 is 4.39 Å². The maximum Gasteiger partial charge on any atom is 0.232 e. The van der Waals surface area contributed by atoms with E-state index in [9.17, 15) is 4.39 Å². The average molecular weight is 451 g/mol. The molecule has 2 aromatic heterocycles. The maximum atomic E-state index is 14.4. The quantitative estimate of drug-likeness (QED) is 0.377. The van der Waals surface area contributed by atoms with Gasteiger partial charge < -0.3 is 15.6 Å². The van der Waals surface area contributed by atoms with Crippen LogP contribution in [0.5, 0.6) is 0 Å². The molecule has 0 unspecified atom stereocenters. The second-order valence-electron chi connectivity index (χ2n) is 7.50. The lowest BCUT2D eigenvalue weighted by molar-refractivity contribution is 0.496. The van der Waals surface area contributed by atoms with E-state index in [1.165, 1.54) is 17.8 Å². The molecule has 0 saturated carbocycles. The lowest BCUT2D eigenvalue weighted by Crippen LogP contribution is -2.09. The Hall–Kier alpha value is -3.53. The lowest BCUT2D eigenvalue weighted by atomic mass is 10.2. The number of anilines is 3. The van der Waals surface area contributed by atoms with Crippen LogP contribution < -0.4 is 11.1 Å². The predicted octanol–water partition coefficient (Wildman–Crippen LogP) is 4.54. The van der Waals surface area contributed by atoms with E-state index in [2.05, 4.69) is 44.3 Å². The molecule has 2 aromatic carbocycles. The number of hydrogen-bond donors (Lipinski definition) is 2. The van der Waals surface area contributed by atoms with Crippen molar-refractivity contribution in [3.63, 3.8) is 0 Å². The van der Waals surface area contributed by atoms with Crippen molar-refractivity contribution in [3.05, 3.63) is 66.2 Å². The molecule has 0 bridgehead atoms. The molecule has 0 spiro atoms. The highest BCUT2D eigenvalue weighted by molar-refractivity contribution is 7.98. The third-order valence-electron chi connectivity index (χ3n) is 4.44. The van der Waals surface area contributed by atoms with Gasteiger partial charge in [-0.25, -0.2) is 4.39 Å². The van der Waals surface area contributed by atoms with Crippen molar-refractivity contribution in [2.24, 2.45) is 5.92 Å².